The summed E-state index contributed by atoms with van der Waals surface area (Å²) >= 11 is 12.8. The molecule has 2 N–H and O–H groups in total. The topological polar surface area (TPSA) is 93.7 Å². The second-order valence-electron chi connectivity index (χ2n) is 8.15. The minimum absolute atomic E-state index is 0.0599. The highest BCUT2D eigenvalue weighted by Gasteiger charge is 2.24. The molecule has 3 atom stereocenters. The van der Waals surface area contributed by atoms with Crippen molar-refractivity contribution < 1.29 is 23.9 Å². The van der Waals surface area contributed by atoms with Gasteiger partial charge >= 0.3 is 11.9 Å². The summed E-state index contributed by atoms with van der Waals surface area (Å²) in [5.41, 5.74) is 1.32. The van der Waals surface area contributed by atoms with Crippen molar-refractivity contribution in [3.63, 3.8) is 0 Å². The van der Waals surface area contributed by atoms with Gasteiger partial charge in [-0.2, -0.15) is 0 Å². The zero-order valence-electron chi connectivity index (χ0n) is 19.4. The van der Waals surface area contributed by atoms with Gasteiger partial charge in [0.15, 0.2) is 6.61 Å². The van der Waals surface area contributed by atoms with E-state index in [0.717, 1.165) is 0 Å². The minimum Gasteiger partial charge on any atom is -0.467 e. The standard InChI is InChI=1S/C25H30Cl2N2O5/c1-16(2)13-21(25(32)33-3)28-22(30)15-34-23(31)14-17-9-5-4-6-12-20(17)29-24-18(26)10-7-8-11-19(24)27/h4-12,16,18,20-21,29H,13-15H2,1-3H3,(H,28,30). The number of esters is 2. The molecule has 7 nitrogen and oxygen atoms in total. The van der Waals surface area contributed by atoms with Crippen molar-refractivity contribution >= 4 is 41.0 Å². The third-order valence-corrected chi connectivity index (χ3v) is 5.65. The Labute approximate surface area is 210 Å². The van der Waals surface area contributed by atoms with Gasteiger partial charge in [-0.3, -0.25) is 9.59 Å². The number of rotatable bonds is 10. The molecule has 2 aliphatic rings. The molecule has 3 unspecified atom stereocenters. The molecule has 34 heavy (non-hydrogen) atoms. The van der Waals surface area contributed by atoms with Gasteiger partial charge < -0.3 is 20.1 Å². The molecule has 0 aromatic rings. The van der Waals surface area contributed by atoms with Crippen LogP contribution in [0.4, 0.5) is 0 Å². The molecule has 0 fully saturated rings. The Morgan fingerprint density at radius 1 is 1.09 bits per heavy atom. The third kappa shape index (κ3) is 8.88. The predicted octanol–water partition coefficient (Wildman–Crippen LogP) is 3.82. The zero-order valence-corrected chi connectivity index (χ0v) is 20.9. The van der Waals surface area contributed by atoms with Crippen LogP contribution in [0.1, 0.15) is 26.7 Å². The summed E-state index contributed by atoms with van der Waals surface area (Å²) in [7, 11) is 1.26. The molecule has 0 bridgehead atoms. The lowest BCUT2D eigenvalue weighted by Gasteiger charge is -2.23. The Morgan fingerprint density at radius 2 is 1.82 bits per heavy atom. The number of methoxy groups -OCH3 is 1. The molecule has 2 aliphatic carbocycles. The number of alkyl halides is 1. The number of halogens is 2. The molecule has 1 amide bonds. The quantitative estimate of drug-likeness (QED) is 0.344. The number of allylic oxidation sites excluding steroid dienone is 9. The van der Waals surface area contributed by atoms with Gasteiger partial charge in [0.1, 0.15) is 6.04 Å². The van der Waals surface area contributed by atoms with E-state index >= 15 is 0 Å². The maximum atomic E-state index is 12.5. The highest BCUT2D eigenvalue weighted by molar-refractivity contribution is 6.33. The Balaban J connectivity index is 1.98. The maximum absolute atomic E-state index is 12.5. The van der Waals surface area contributed by atoms with Gasteiger partial charge in [0.05, 0.1) is 35.7 Å². The summed E-state index contributed by atoms with van der Waals surface area (Å²) in [6.07, 6.45) is 16.7. The summed E-state index contributed by atoms with van der Waals surface area (Å²) in [4.78, 5) is 36.6. The zero-order chi connectivity index (χ0) is 25.1. The molecule has 0 saturated heterocycles. The van der Waals surface area contributed by atoms with Gasteiger partial charge in [0.2, 0.25) is 0 Å². The first-order valence-electron chi connectivity index (χ1n) is 10.9. The lowest BCUT2D eigenvalue weighted by atomic mass is 10.0. The van der Waals surface area contributed by atoms with Crippen LogP contribution in [0.25, 0.3) is 0 Å². The van der Waals surface area contributed by atoms with Crippen molar-refractivity contribution in [2.45, 2.75) is 44.1 Å². The van der Waals surface area contributed by atoms with E-state index in [4.69, 9.17) is 32.7 Å². The second-order valence-corrected chi connectivity index (χ2v) is 9.03. The summed E-state index contributed by atoms with van der Waals surface area (Å²) in [5.74, 6) is -1.54. The van der Waals surface area contributed by atoms with Crippen LogP contribution in [0.5, 0.6) is 0 Å². The van der Waals surface area contributed by atoms with Crippen molar-refractivity contribution in [3.05, 3.63) is 71.0 Å². The van der Waals surface area contributed by atoms with E-state index < -0.39 is 35.9 Å². The molecular formula is C25H30Cl2N2O5. The molecule has 0 aliphatic heterocycles. The second kappa shape index (κ2) is 13.8. The van der Waals surface area contributed by atoms with Crippen LogP contribution >= 0.6 is 23.2 Å². The van der Waals surface area contributed by atoms with Crippen LogP contribution in [0.15, 0.2) is 71.0 Å². The molecule has 0 radical (unpaired) electrons. The van der Waals surface area contributed by atoms with E-state index in [-0.39, 0.29) is 18.4 Å². The van der Waals surface area contributed by atoms with Crippen LogP contribution in [0.3, 0.4) is 0 Å². The summed E-state index contributed by atoms with van der Waals surface area (Å²) < 4.78 is 9.89. The molecule has 184 valence electrons. The summed E-state index contributed by atoms with van der Waals surface area (Å²) in [5, 5.41) is 5.87. The molecule has 0 heterocycles. The van der Waals surface area contributed by atoms with E-state index in [2.05, 4.69) is 10.6 Å². The number of amides is 1. The molecule has 9 heteroatoms. The van der Waals surface area contributed by atoms with Gasteiger partial charge in [-0.25, -0.2) is 4.79 Å². The number of carbonyl (C=O) groups is 3. The Kier molecular flexibility index (Phi) is 11.2. The first kappa shape index (κ1) is 27.5. The van der Waals surface area contributed by atoms with Crippen molar-refractivity contribution in [2.24, 2.45) is 5.92 Å². The van der Waals surface area contributed by atoms with Crippen molar-refractivity contribution in [2.75, 3.05) is 13.7 Å². The monoisotopic (exact) mass is 508 g/mol. The van der Waals surface area contributed by atoms with Crippen LogP contribution in [0.2, 0.25) is 0 Å². The fourth-order valence-corrected chi connectivity index (χ4v) is 3.88. The molecule has 2 rings (SSSR count). The van der Waals surface area contributed by atoms with Crippen molar-refractivity contribution in [3.8, 4) is 0 Å². The molecule has 0 spiro atoms. The Hall–Kier alpha value is -2.77. The molecule has 0 aromatic heterocycles. The normalized spacial score (nSPS) is 20.4. The Bertz CT molecular complexity index is 947. The lowest BCUT2D eigenvalue weighted by molar-refractivity contribution is -0.150. The number of hydrogen-bond acceptors (Lipinski definition) is 6. The van der Waals surface area contributed by atoms with Crippen molar-refractivity contribution in [1.82, 2.24) is 10.6 Å². The highest BCUT2D eigenvalue weighted by atomic mass is 35.5. The van der Waals surface area contributed by atoms with Crippen molar-refractivity contribution in [1.29, 1.82) is 0 Å². The number of hydrogen-bond donors (Lipinski definition) is 2. The number of carbonyl (C=O) groups excluding carboxylic acids is 3. The van der Waals surface area contributed by atoms with Gasteiger partial charge in [-0.1, -0.05) is 74.1 Å². The third-order valence-electron chi connectivity index (χ3n) is 4.95. The largest absolute Gasteiger partial charge is 0.467 e. The fraction of sp³-hybridized carbons (Fsp3) is 0.400. The van der Waals surface area contributed by atoms with E-state index in [0.29, 0.717) is 22.7 Å². The Morgan fingerprint density at radius 3 is 2.53 bits per heavy atom. The highest BCUT2D eigenvalue weighted by Crippen LogP contribution is 2.24. The average molecular weight is 509 g/mol. The lowest BCUT2D eigenvalue weighted by Crippen LogP contribution is -2.44. The van der Waals surface area contributed by atoms with E-state index in [1.165, 1.54) is 7.11 Å². The van der Waals surface area contributed by atoms with Gasteiger partial charge in [-0.05, 0) is 24.0 Å². The minimum atomic E-state index is -0.797. The SMILES string of the molecule is COC(=O)C(CC(C)C)NC(=O)COC(=O)CC1=CC=CC=CC1NC1=C(Cl)C=CC=CC1Cl. The van der Waals surface area contributed by atoms with E-state index in [1.54, 1.807) is 30.4 Å². The van der Waals surface area contributed by atoms with Crippen LogP contribution in [-0.4, -0.2) is 49.0 Å². The average Bonchev–Trinajstić information content (AvgIpc) is 3.10. The fourth-order valence-electron chi connectivity index (χ4n) is 3.32. The first-order valence-corrected chi connectivity index (χ1v) is 11.7. The maximum Gasteiger partial charge on any atom is 0.328 e. The van der Waals surface area contributed by atoms with Gasteiger partial charge in [-0.15, -0.1) is 11.6 Å². The summed E-state index contributed by atoms with van der Waals surface area (Å²) in [6, 6.07) is -1.16. The first-order chi connectivity index (χ1) is 16.2. The van der Waals surface area contributed by atoms with Gasteiger partial charge in [0.25, 0.3) is 5.91 Å². The molecular weight excluding hydrogens is 479 g/mol. The summed E-state index contributed by atoms with van der Waals surface area (Å²) in [6.45, 7) is 3.35. The van der Waals surface area contributed by atoms with Crippen LogP contribution < -0.4 is 10.6 Å². The number of nitrogens with one attached hydrogen (secondary N) is 2. The van der Waals surface area contributed by atoms with Gasteiger partial charge in [0, 0.05) is 0 Å². The van der Waals surface area contributed by atoms with Crippen LogP contribution in [0, 0.1) is 5.92 Å². The predicted molar refractivity (Wildman–Crippen MR) is 133 cm³/mol. The number of ether oxygens (including phenoxy) is 2. The van der Waals surface area contributed by atoms with E-state index in [9.17, 15) is 14.4 Å². The van der Waals surface area contributed by atoms with Crippen LogP contribution in [-0.2, 0) is 23.9 Å². The van der Waals surface area contributed by atoms with E-state index in [1.807, 2.05) is 38.2 Å². The smallest absolute Gasteiger partial charge is 0.328 e. The molecule has 0 saturated carbocycles. The molecule has 0 aromatic carbocycles.